The molecular weight excluding hydrogens is 256 g/mol. The van der Waals surface area contributed by atoms with Gasteiger partial charge in [0.05, 0.1) is 5.69 Å². The van der Waals surface area contributed by atoms with Crippen molar-refractivity contribution in [3.05, 3.63) is 28.4 Å². The maximum Gasteiger partial charge on any atom is 0.274 e. The minimum Gasteiger partial charge on any atom is -0.310 e. The van der Waals surface area contributed by atoms with E-state index in [1.165, 1.54) is 30.1 Å². The van der Waals surface area contributed by atoms with Gasteiger partial charge in [0.25, 0.3) is 11.3 Å². The molecule has 20 heavy (non-hydrogen) atoms. The van der Waals surface area contributed by atoms with Crippen molar-refractivity contribution in [2.75, 3.05) is 13.1 Å². The molecule has 2 aromatic rings. The lowest BCUT2D eigenvalue weighted by molar-refractivity contribution is 0.248. The maximum absolute atomic E-state index is 11.9. The van der Waals surface area contributed by atoms with E-state index < -0.39 is 0 Å². The number of fused-ring (bicyclic) bond motifs is 3. The summed E-state index contributed by atoms with van der Waals surface area (Å²) in [6, 6.07) is 2.87. The number of hydrogen-bond donors (Lipinski definition) is 2. The van der Waals surface area contributed by atoms with E-state index in [4.69, 9.17) is 0 Å². The number of hydrogen-bond acceptors (Lipinski definition) is 5. The van der Waals surface area contributed by atoms with Crippen LogP contribution in [0, 0.1) is 0 Å². The number of nitrogens with one attached hydrogen (secondary N) is 2. The van der Waals surface area contributed by atoms with E-state index in [2.05, 4.69) is 25.3 Å². The Morgan fingerprint density at radius 3 is 3.15 bits per heavy atom. The molecule has 106 valence electrons. The molecule has 7 nitrogen and oxygen atoms in total. The molecule has 2 N–H and O–H groups in total. The van der Waals surface area contributed by atoms with Crippen LogP contribution in [0.25, 0.3) is 5.78 Å². The van der Waals surface area contributed by atoms with Crippen LogP contribution in [0.2, 0.25) is 0 Å². The summed E-state index contributed by atoms with van der Waals surface area (Å²) in [7, 11) is 0. The minimum absolute atomic E-state index is 0.100. The van der Waals surface area contributed by atoms with Gasteiger partial charge < -0.3 is 5.32 Å². The van der Waals surface area contributed by atoms with E-state index in [0.717, 1.165) is 25.3 Å². The molecule has 0 spiro atoms. The van der Waals surface area contributed by atoms with Gasteiger partial charge in [-0.3, -0.25) is 14.8 Å². The fourth-order valence-corrected chi connectivity index (χ4v) is 3.34. The first-order valence-corrected chi connectivity index (χ1v) is 7.18. The third kappa shape index (κ3) is 2.12. The van der Waals surface area contributed by atoms with Crippen LogP contribution in [-0.2, 0) is 6.54 Å². The highest BCUT2D eigenvalue weighted by molar-refractivity contribution is 5.26. The van der Waals surface area contributed by atoms with Gasteiger partial charge in [-0.1, -0.05) is 0 Å². The number of nitrogens with zero attached hydrogens (tertiary/aromatic N) is 4. The topological polar surface area (TPSA) is 78.3 Å². The van der Waals surface area contributed by atoms with Crippen molar-refractivity contribution in [1.29, 1.82) is 0 Å². The lowest BCUT2D eigenvalue weighted by Crippen LogP contribution is -2.35. The van der Waals surface area contributed by atoms with E-state index in [1.54, 1.807) is 6.07 Å². The van der Waals surface area contributed by atoms with Crippen LogP contribution in [0.15, 0.2) is 17.2 Å². The highest BCUT2D eigenvalue weighted by atomic mass is 16.1. The largest absolute Gasteiger partial charge is 0.310 e. The summed E-state index contributed by atoms with van der Waals surface area (Å²) in [6.07, 6.45) is 5.23. The Labute approximate surface area is 116 Å². The predicted molar refractivity (Wildman–Crippen MR) is 73.4 cm³/mol. The van der Waals surface area contributed by atoms with Gasteiger partial charge in [-0.25, -0.2) is 9.97 Å². The lowest BCUT2D eigenvalue weighted by atomic mass is 10.1. The third-order valence-electron chi connectivity index (χ3n) is 4.31. The summed E-state index contributed by atoms with van der Waals surface area (Å²) < 4.78 is 1.36. The average Bonchev–Trinajstić information content (AvgIpc) is 2.99. The standard InChI is InChI=1S/C13H18N6O/c20-12-5-11(17-13-14-8-15-19(12)13)7-18-4-3-9-1-2-10(6-18)16-9/h5,8-10,16H,1-4,6-7H2,(H,14,15,17). The Morgan fingerprint density at radius 2 is 2.20 bits per heavy atom. The average molecular weight is 274 g/mol. The Morgan fingerprint density at radius 1 is 1.30 bits per heavy atom. The summed E-state index contributed by atoms with van der Waals surface area (Å²) in [5, 5.41) is 6.42. The Kier molecular flexibility index (Phi) is 2.82. The molecule has 0 aliphatic carbocycles. The van der Waals surface area contributed by atoms with E-state index in [1.807, 2.05) is 0 Å². The van der Waals surface area contributed by atoms with E-state index in [-0.39, 0.29) is 5.56 Å². The number of likely N-dealkylation sites (tertiary alicyclic amines) is 1. The Balaban J connectivity index is 1.56. The van der Waals surface area contributed by atoms with Crippen LogP contribution in [-0.4, -0.2) is 49.7 Å². The summed E-state index contributed by atoms with van der Waals surface area (Å²) in [6.45, 7) is 2.83. The predicted octanol–water partition coefficient (Wildman–Crippen LogP) is -0.256. The number of aromatic amines is 1. The molecule has 0 radical (unpaired) electrons. The van der Waals surface area contributed by atoms with Crippen LogP contribution >= 0.6 is 0 Å². The van der Waals surface area contributed by atoms with Crippen molar-refractivity contribution >= 4 is 5.78 Å². The third-order valence-corrected chi connectivity index (χ3v) is 4.31. The van der Waals surface area contributed by atoms with Crippen LogP contribution in [0.5, 0.6) is 0 Å². The summed E-state index contributed by atoms with van der Waals surface area (Å²) >= 11 is 0. The van der Waals surface area contributed by atoms with Crippen LogP contribution in [0.3, 0.4) is 0 Å². The second-order valence-electron chi connectivity index (χ2n) is 5.77. The maximum atomic E-state index is 11.9. The molecule has 2 bridgehead atoms. The SMILES string of the molecule is O=c1cc(CN2CCC3CCC(C2)N3)nc2nc[nH]n12. The smallest absolute Gasteiger partial charge is 0.274 e. The van der Waals surface area contributed by atoms with Gasteiger partial charge in [-0.15, -0.1) is 0 Å². The molecule has 4 rings (SSSR count). The van der Waals surface area contributed by atoms with E-state index in [0.29, 0.717) is 17.9 Å². The van der Waals surface area contributed by atoms with Gasteiger partial charge in [-0.05, 0) is 19.3 Å². The van der Waals surface area contributed by atoms with Crippen molar-refractivity contribution in [1.82, 2.24) is 29.8 Å². The van der Waals surface area contributed by atoms with Gasteiger partial charge in [-0.2, -0.15) is 4.52 Å². The molecule has 2 aliphatic rings. The van der Waals surface area contributed by atoms with Crippen LogP contribution in [0.4, 0.5) is 0 Å². The van der Waals surface area contributed by atoms with Crippen molar-refractivity contribution in [2.24, 2.45) is 0 Å². The normalized spacial score (nSPS) is 27.0. The first kappa shape index (κ1) is 12.0. The van der Waals surface area contributed by atoms with Gasteiger partial charge in [0.15, 0.2) is 0 Å². The molecule has 0 saturated carbocycles. The molecule has 0 aromatic carbocycles. The number of rotatable bonds is 2. The zero-order valence-corrected chi connectivity index (χ0v) is 11.2. The highest BCUT2D eigenvalue weighted by Crippen LogP contribution is 2.21. The van der Waals surface area contributed by atoms with E-state index in [9.17, 15) is 4.79 Å². The monoisotopic (exact) mass is 274 g/mol. The quantitative estimate of drug-likeness (QED) is 0.789. The molecule has 2 unspecified atom stereocenters. The molecule has 7 heteroatoms. The first-order valence-electron chi connectivity index (χ1n) is 7.18. The molecule has 0 amide bonds. The molecule has 2 aromatic heterocycles. The zero-order chi connectivity index (χ0) is 13.5. The Hall–Kier alpha value is -1.73. The molecule has 2 aliphatic heterocycles. The molecule has 2 atom stereocenters. The van der Waals surface area contributed by atoms with Crippen molar-refractivity contribution in [2.45, 2.75) is 37.9 Å². The van der Waals surface area contributed by atoms with Crippen molar-refractivity contribution in [3.63, 3.8) is 0 Å². The fraction of sp³-hybridized carbons (Fsp3) is 0.615. The van der Waals surface area contributed by atoms with Crippen LogP contribution in [0.1, 0.15) is 25.0 Å². The first-order chi connectivity index (χ1) is 9.78. The molecular formula is C13H18N6O. The summed E-state index contributed by atoms with van der Waals surface area (Å²) in [5.41, 5.74) is 0.705. The zero-order valence-electron chi connectivity index (χ0n) is 11.2. The minimum atomic E-state index is -0.100. The van der Waals surface area contributed by atoms with Crippen LogP contribution < -0.4 is 10.9 Å². The highest BCUT2D eigenvalue weighted by Gasteiger charge is 2.29. The number of aromatic nitrogens is 4. The van der Waals surface area contributed by atoms with Gasteiger partial charge in [0.1, 0.15) is 6.33 Å². The van der Waals surface area contributed by atoms with Crippen molar-refractivity contribution < 1.29 is 0 Å². The van der Waals surface area contributed by atoms with Gasteiger partial charge in [0, 0.05) is 37.8 Å². The summed E-state index contributed by atoms with van der Waals surface area (Å²) in [5.74, 6) is 0.446. The van der Waals surface area contributed by atoms with Gasteiger partial charge >= 0.3 is 0 Å². The second kappa shape index (κ2) is 4.68. The fourth-order valence-electron chi connectivity index (χ4n) is 3.34. The molecule has 4 heterocycles. The summed E-state index contributed by atoms with van der Waals surface area (Å²) in [4.78, 5) is 22.8. The van der Waals surface area contributed by atoms with Crippen molar-refractivity contribution in [3.8, 4) is 0 Å². The number of H-pyrrole nitrogens is 1. The molecule has 2 saturated heterocycles. The molecule has 2 fully saturated rings. The van der Waals surface area contributed by atoms with Gasteiger partial charge in [0.2, 0.25) is 0 Å². The lowest BCUT2D eigenvalue weighted by Gasteiger charge is -2.23. The van der Waals surface area contributed by atoms with E-state index >= 15 is 0 Å². The second-order valence-corrected chi connectivity index (χ2v) is 5.77. The Bertz CT molecular complexity index is 677.